The summed E-state index contributed by atoms with van der Waals surface area (Å²) in [6, 6.07) is 1.62. The van der Waals surface area contributed by atoms with Crippen molar-refractivity contribution >= 4 is 0 Å². The maximum Gasteiger partial charge on any atom is 0.0198 e. The van der Waals surface area contributed by atoms with E-state index in [1.54, 1.807) is 0 Å². The Morgan fingerprint density at radius 2 is 1.93 bits per heavy atom. The molecule has 2 aliphatic rings. The first-order chi connectivity index (χ1) is 7.12. The number of nitrogens with zero attached hydrogens (tertiary/aromatic N) is 1. The molecule has 2 rings (SSSR count). The molecule has 0 bridgehead atoms. The number of hydrogen-bond acceptors (Lipinski definition) is 2. The second-order valence-electron chi connectivity index (χ2n) is 5.89. The molecule has 88 valence electrons. The average molecular weight is 210 g/mol. The molecule has 0 spiro atoms. The van der Waals surface area contributed by atoms with Crippen molar-refractivity contribution in [1.82, 2.24) is 10.2 Å². The molecule has 0 radical (unpaired) electrons. The van der Waals surface area contributed by atoms with Gasteiger partial charge in [-0.3, -0.25) is 4.90 Å². The van der Waals surface area contributed by atoms with Crippen molar-refractivity contribution in [2.45, 2.75) is 70.5 Å². The van der Waals surface area contributed by atoms with Gasteiger partial charge in [-0.1, -0.05) is 6.92 Å². The number of likely N-dealkylation sites (tertiary alicyclic amines) is 1. The second-order valence-corrected chi connectivity index (χ2v) is 5.89. The lowest BCUT2D eigenvalue weighted by molar-refractivity contribution is 0.0742. The molecule has 1 aliphatic heterocycles. The summed E-state index contributed by atoms with van der Waals surface area (Å²) in [5.74, 6) is 0. The molecular formula is C13H26N2. The first-order valence-electron chi connectivity index (χ1n) is 6.63. The van der Waals surface area contributed by atoms with Crippen molar-refractivity contribution in [3.8, 4) is 0 Å². The Hall–Kier alpha value is -0.0800. The highest BCUT2D eigenvalue weighted by Crippen LogP contribution is 2.26. The van der Waals surface area contributed by atoms with Gasteiger partial charge in [-0.2, -0.15) is 0 Å². The highest BCUT2D eigenvalue weighted by atomic mass is 15.2. The molecule has 1 heterocycles. The fourth-order valence-corrected chi connectivity index (χ4v) is 2.47. The Balaban J connectivity index is 1.85. The summed E-state index contributed by atoms with van der Waals surface area (Å²) >= 11 is 0. The second kappa shape index (κ2) is 4.42. The quantitative estimate of drug-likeness (QED) is 0.766. The van der Waals surface area contributed by atoms with Crippen LogP contribution in [-0.2, 0) is 0 Å². The van der Waals surface area contributed by atoms with Crippen molar-refractivity contribution in [3.05, 3.63) is 0 Å². The van der Waals surface area contributed by atoms with Gasteiger partial charge in [-0.25, -0.2) is 0 Å². The summed E-state index contributed by atoms with van der Waals surface area (Å²) in [5, 5.41) is 3.78. The van der Waals surface area contributed by atoms with Crippen LogP contribution in [0.25, 0.3) is 0 Å². The summed E-state index contributed by atoms with van der Waals surface area (Å²) < 4.78 is 0. The first kappa shape index (κ1) is 11.4. The van der Waals surface area contributed by atoms with Gasteiger partial charge in [0, 0.05) is 24.2 Å². The molecule has 1 saturated heterocycles. The predicted molar refractivity (Wildman–Crippen MR) is 65.1 cm³/mol. The van der Waals surface area contributed by atoms with E-state index in [-0.39, 0.29) is 0 Å². The molecule has 2 heteroatoms. The van der Waals surface area contributed by atoms with Gasteiger partial charge in [0.05, 0.1) is 0 Å². The van der Waals surface area contributed by atoms with Gasteiger partial charge in [-0.15, -0.1) is 0 Å². The molecule has 1 unspecified atom stereocenters. The maximum atomic E-state index is 3.78. The van der Waals surface area contributed by atoms with Crippen LogP contribution >= 0.6 is 0 Å². The third-order valence-corrected chi connectivity index (χ3v) is 4.19. The number of nitrogens with one attached hydrogen (secondary N) is 1. The highest BCUT2D eigenvalue weighted by molar-refractivity contribution is 4.91. The Morgan fingerprint density at radius 1 is 1.20 bits per heavy atom. The van der Waals surface area contributed by atoms with Crippen molar-refractivity contribution in [1.29, 1.82) is 0 Å². The van der Waals surface area contributed by atoms with E-state index in [9.17, 15) is 0 Å². The Kier molecular flexibility index (Phi) is 3.36. The van der Waals surface area contributed by atoms with Crippen LogP contribution in [0.5, 0.6) is 0 Å². The van der Waals surface area contributed by atoms with Crippen molar-refractivity contribution in [3.63, 3.8) is 0 Å². The van der Waals surface area contributed by atoms with Crippen LogP contribution in [0.15, 0.2) is 0 Å². The molecule has 0 aromatic rings. The molecule has 0 aromatic heterocycles. The number of rotatable bonds is 4. The average Bonchev–Trinajstić information content (AvgIpc) is 3.02. The SMILES string of the molecule is CCC(C)(C)N1CCCC(NC2CC2)C1. The topological polar surface area (TPSA) is 15.3 Å². The zero-order chi connectivity index (χ0) is 10.9. The van der Waals surface area contributed by atoms with E-state index in [0.29, 0.717) is 5.54 Å². The van der Waals surface area contributed by atoms with Gasteiger partial charge in [0.15, 0.2) is 0 Å². The van der Waals surface area contributed by atoms with Gasteiger partial charge >= 0.3 is 0 Å². The van der Waals surface area contributed by atoms with Crippen LogP contribution in [0.3, 0.4) is 0 Å². The van der Waals surface area contributed by atoms with E-state index in [0.717, 1.165) is 12.1 Å². The van der Waals surface area contributed by atoms with E-state index in [1.807, 2.05) is 0 Å². The third-order valence-electron chi connectivity index (χ3n) is 4.19. The van der Waals surface area contributed by atoms with Crippen LogP contribution < -0.4 is 5.32 Å². The molecule has 0 amide bonds. The van der Waals surface area contributed by atoms with E-state index in [4.69, 9.17) is 0 Å². The Bertz CT molecular complexity index is 209. The Morgan fingerprint density at radius 3 is 2.53 bits per heavy atom. The lowest BCUT2D eigenvalue weighted by Crippen LogP contribution is -2.54. The van der Waals surface area contributed by atoms with E-state index < -0.39 is 0 Å². The summed E-state index contributed by atoms with van der Waals surface area (Å²) in [7, 11) is 0. The van der Waals surface area contributed by atoms with Crippen LogP contribution in [-0.4, -0.2) is 35.6 Å². The van der Waals surface area contributed by atoms with Gasteiger partial charge in [0.1, 0.15) is 0 Å². The van der Waals surface area contributed by atoms with Gasteiger partial charge in [0.2, 0.25) is 0 Å². The molecule has 15 heavy (non-hydrogen) atoms. The molecule has 2 fully saturated rings. The van der Waals surface area contributed by atoms with Crippen LogP contribution in [0.2, 0.25) is 0 Å². The minimum absolute atomic E-state index is 0.393. The largest absolute Gasteiger partial charge is 0.310 e. The van der Waals surface area contributed by atoms with Crippen LogP contribution in [0.4, 0.5) is 0 Å². The predicted octanol–water partition coefficient (Wildman–Crippen LogP) is 2.39. The molecule has 1 saturated carbocycles. The number of hydrogen-bond donors (Lipinski definition) is 1. The summed E-state index contributed by atoms with van der Waals surface area (Å²) in [6.07, 6.45) is 6.82. The van der Waals surface area contributed by atoms with Crippen molar-refractivity contribution < 1.29 is 0 Å². The third kappa shape index (κ3) is 2.94. The summed E-state index contributed by atoms with van der Waals surface area (Å²) in [6.45, 7) is 9.62. The van der Waals surface area contributed by atoms with E-state index in [1.165, 1.54) is 45.2 Å². The molecule has 2 nitrogen and oxygen atoms in total. The fourth-order valence-electron chi connectivity index (χ4n) is 2.47. The zero-order valence-electron chi connectivity index (χ0n) is 10.6. The standard InChI is InChI=1S/C13H26N2/c1-4-13(2,3)15-9-5-6-12(10-15)14-11-7-8-11/h11-12,14H,4-10H2,1-3H3. The lowest BCUT2D eigenvalue weighted by atomic mass is 9.94. The molecular weight excluding hydrogens is 184 g/mol. The molecule has 0 aromatic carbocycles. The van der Waals surface area contributed by atoms with Gasteiger partial charge < -0.3 is 5.32 Å². The molecule has 1 N–H and O–H groups in total. The minimum atomic E-state index is 0.393. The normalized spacial score (nSPS) is 29.4. The fraction of sp³-hybridized carbons (Fsp3) is 1.00. The highest BCUT2D eigenvalue weighted by Gasteiger charge is 2.32. The van der Waals surface area contributed by atoms with Crippen LogP contribution in [0.1, 0.15) is 52.9 Å². The number of piperidine rings is 1. The van der Waals surface area contributed by atoms with E-state index in [2.05, 4.69) is 31.0 Å². The lowest BCUT2D eigenvalue weighted by Gasteiger charge is -2.43. The van der Waals surface area contributed by atoms with Crippen LogP contribution in [0, 0.1) is 0 Å². The van der Waals surface area contributed by atoms with Crippen molar-refractivity contribution in [2.24, 2.45) is 0 Å². The first-order valence-corrected chi connectivity index (χ1v) is 6.63. The minimum Gasteiger partial charge on any atom is -0.310 e. The zero-order valence-corrected chi connectivity index (χ0v) is 10.6. The Labute approximate surface area is 94.4 Å². The monoisotopic (exact) mass is 210 g/mol. The van der Waals surface area contributed by atoms with E-state index >= 15 is 0 Å². The summed E-state index contributed by atoms with van der Waals surface area (Å²) in [4.78, 5) is 2.68. The molecule has 1 aliphatic carbocycles. The maximum absolute atomic E-state index is 3.78. The van der Waals surface area contributed by atoms with Crippen molar-refractivity contribution in [2.75, 3.05) is 13.1 Å². The smallest absolute Gasteiger partial charge is 0.0198 e. The van der Waals surface area contributed by atoms with Gasteiger partial charge in [-0.05, 0) is 52.5 Å². The van der Waals surface area contributed by atoms with Gasteiger partial charge in [0.25, 0.3) is 0 Å². The summed E-state index contributed by atoms with van der Waals surface area (Å²) in [5.41, 5.74) is 0.393. The molecule has 1 atom stereocenters.